The van der Waals surface area contributed by atoms with Gasteiger partial charge in [0.05, 0.1) is 34.2 Å². The van der Waals surface area contributed by atoms with Crippen LogP contribution in [-0.4, -0.2) is 42.7 Å². The minimum absolute atomic E-state index is 0.150. The van der Waals surface area contributed by atoms with E-state index in [0.29, 0.717) is 52.7 Å². The zero-order chi connectivity index (χ0) is 22.6. The van der Waals surface area contributed by atoms with E-state index in [0.717, 1.165) is 12.1 Å². The Morgan fingerprint density at radius 2 is 1.84 bits per heavy atom. The van der Waals surface area contributed by atoms with Crippen molar-refractivity contribution in [3.05, 3.63) is 57.0 Å². The molecule has 0 amide bonds. The second-order valence-corrected chi connectivity index (χ2v) is 9.56. The Morgan fingerprint density at radius 1 is 1.13 bits per heavy atom. The van der Waals surface area contributed by atoms with Gasteiger partial charge in [0.25, 0.3) is 0 Å². The number of halogens is 3. The average Bonchev–Trinajstić information content (AvgIpc) is 2.69. The highest BCUT2D eigenvalue weighted by Crippen LogP contribution is 2.39. The van der Waals surface area contributed by atoms with E-state index in [9.17, 15) is 4.79 Å². The lowest BCUT2D eigenvalue weighted by Gasteiger charge is -2.33. The lowest BCUT2D eigenvalue weighted by atomic mass is 10.1. The van der Waals surface area contributed by atoms with E-state index in [1.807, 2.05) is 32.9 Å². The van der Waals surface area contributed by atoms with E-state index in [2.05, 4.69) is 4.90 Å². The van der Waals surface area contributed by atoms with Gasteiger partial charge in [0.2, 0.25) is 0 Å². The number of rotatable bonds is 6. The Labute approximate surface area is 198 Å². The summed E-state index contributed by atoms with van der Waals surface area (Å²) in [6, 6.07) is 10.7. The number of hydrogen-bond acceptors (Lipinski definition) is 5. The summed E-state index contributed by atoms with van der Waals surface area (Å²) in [5.41, 5.74) is 0.462. The SMILES string of the molecule is CC(C)(C)OC(=O)CCN1CCOC(c2ccc(Oc3c(Cl)cccc3Cl)c(Cl)c2)C1. The predicted octanol–water partition coefficient (Wildman–Crippen LogP) is 6.54. The third kappa shape index (κ3) is 6.99. The molecular formula is C23H26Cl3NO4. The van der Waals surface area contributed by atoms with Crippen molar-refractivity contribution >= 4 is 40.8 Å². The fraction of sp³-hybridized carbons (Fsp3) is 0.435. The third-order valence-corrected chi connectivity index (χ3v) is 5.55. The van der Waals surface area contributed by atoms with Crippen molar-refractivity contribution < 1.29 is 19.0 Å². The first kappa shape index (κ1) is 24.1. The van der Waals surface area contributed by atoms with Crippen LogP contribution in [0.15, 0.2) is 36.4 Å². The molecule has 8 heteroatoms. The Kier molecular flexibility index (Phi) is 8.11. The van der Waals surface area contributed by atoms with Crippen LogP contribution < -0.4 is 4.74 Å². The summed E-state index contributed by atoms with van der Waals surface area (Å²) in [6.07, 6.45) is 0.193. The van der Waals surface area contributed by atoms with Crippen molar-refractivity contribution in [2.75, 3.05) is 26.2 Å². The number of esters is 1. The summed E-state index contributed by atoms with van der Waals surface area (Å²) in [4.78, 5) is 14.2. The topological polar surface area (TPSA) is 48.0 Å². The minimum atomic E-state index is -0.473. The average molecular weight is 487 g/mol. The van der Waals surface area contributed by atoms with Gasteiger partial charge in [0.15, 0.2) is 5.75 Å². The van der Waals surface area contributed by atoms with Gasteiger partial charge in [-0.15, -0.1) is 0 Å². The molecule has 0 aliphatic carbocycles. The quantitative estimate of drug-likeness (QED) is 0.434. The van der Waals surface area contributed by atoms with Crippen molar-refractivity contribution in [3.63, 3.8) is 0 Å². The van der Waals surface area contributed by atoms with Gasteiger partial charge < -0.3 is 14.2 Å². The highest BCUT2D eigenvalue weighted by atomic mass is 35.5. The van der Waals surface area contributed by atoms with Crippen LogP contribution in [0.3, 0.4) is 0 Å². The fourth-order valence-corrected chi connectivity index (χ4v) is 3.94. The largest absolute Gasteiger partial charge is 0.460 e. The molecule has 5 nitrogen and oxygen atoms in total. The molecule has 0 aromatic heterocycles. The molecule has 1 atom stereocenters. The predicted molar refractivity (Wildman–Crippen MR) is 124 cm³/mol. The molecule has 31 heavy (non-hydrogen) atoms. The van der Waals surface area contributed by atoms with Crippen molar-refractivity contribution in [2.24, 2.45) is 0 Å². The second-order valence-electron chi connectivity index (χ2n) is 8.34. The number of benzene rings is 2. The van der Waals surface area contributed by atoms with Gasteiger partial charge in [-0.25, -0.2) is 0 Å². The van der Waals surface area contributed by atoms with Gasteiger partial charge in [-0.2, -0.15) is 0 Å². The molecule has 1 aliphatic rings. The Hall–Kier alpha value is -1.50. The fourth-order valence-electron chi connectivity index (χ4n) is 3.24. The molecule has 0 bridgehead atoms. The molecule has 1 heterocycles. The molecule has 0 spiro atoms. The number of hydrogen-bond donors (Lipinski definition) is 0. The van der Waals surface area contributed by atoms with E-state index < -0.39 is 5.60 Å². The Balaban J connectivity index is 1.62. The third-order valence-electron chi connectivity index (χ3n) is 4.66. The molecule has 3 rings (SSSR count). The number of morpholine rings is 1. The van der Waals surface area contributed by atoms with Crippen LogP contribution in [0, 0.1) is 0 Å². The smallest absolute Gasteiger partial charge is 0.307 e. The van der Waals surface area contributed by atoms with Crippen LogP contribution in [0.5, 0.6) is 11.5 Å². The first-order valence-electron chi connectivity index (χ1n) is 10.1. The van der Waals surface area contributed by atoms with Gasteiger partial charge in [-0.3, -0.25) is 9.69 Å². The van der Waals surface area contributed by atoms with Gasteiger partial charge in [0.1, 0.15) is 11.4 Å². The molecule has 1 unspecified atom stereocenters. The number of carbonyl (C=O) groups excluding carboxylic acids is 1. The second kappa shape index (κ2) is 10.4. The van der Waals surface area contributed by atoms with E-state index in [-0.39, 0.29) is 12.1 Å². The number of nitrogens with zero attached hydrogens (tertiary/aromatic N) is 1. The number of ether oxygens (including phenoxy) is 3. The Bertz CT molecular complexity index is 909. The van der Waals surface area contributed by atoms with Gasteiger partial charge in [-0.1, -0.05) is 46.9 Å². The lowest BCUT2D eigenvalue weighted by Crippen LogP contribution is -2.40. The van der Waals surface area contributed by atoms with Crippen LogP contribution >= 0.6 is 34.8 Å². The van der Waals surface area contributed by atoms with Crippen LogP contribution in [0.25, 0.3) is 0 Å². The summed E-state index contributed by atoms with van der Waals surface area (Å²) in [5, 5.41) is 1.25. The normalized spacial score (nSPS) is 17.4. The molecule has 0 N–H and O–H groups in total. The van der Waals surface area contributed by atoms with Crippen molar-refractivity contribution in [1.29, 1.82) is 0 Å². The molecular weight excluding hydrogens is 461 g/mol. The maximum Gasteiger partial charge on any atom is 0.307 e. The molecule has 2 aromatic rings. The molecule has 2 aromatic carbocycles. The first-order valence-corrected chi connectivity index (χ1v) is 11.2. The summed E-state index contributed by atoms with van der Waals surface area (Å²) >= 11 is 18.8. The maximum absolute atomic E-state index is 12.0. The molecule has 1 fully saturated rings. The molecule has 0 radical (unpaired) electrons. The summed E-state index contributed by atoms with van der Waals surface area (Å²) < 4.78 is 17.2. The van der Waals surface area contributed by atoms with Crippen LogP contribution in [0.4, 0.5) is 0 Å². The van der Waals surface area contributed by atoms with E-state index in [1.54, 1.807) is 24.3 Å². The van der Waals surface area contributed by atoms with Gasteiger partial charge in [-0.05, 0) is 50.6 Å². The van der Waals surface area contributed by atoms with Crippen LogP contribution in [0.2, 0.25) is 15.1 Å². The minimum Gasteiger partial charge on any atom is -0.460 e. The summed E-state index contributed by atoms with van der Waals surface area (Å²) in [7, 11) is 0. The first-order chi connectivity index (χ1) is 14.6. The van der Waals surface area contributed by atoms with Crippen molar-refractivity contribution in [3.8, 4) is 11.5 Å². The van der Waals surface area contributed by atoms with E-state index in [1.165, 1.54) is 0 Å². The van der Waals surface area contributed by atoms with Crippen LogP contribution in [-0.2, 0) is 14.3 Å². The van der Waals surface area contributed by atoms with Crippen molar-refractivity contribution in [1.82, 2.24) is 4.90 Å². The zero-order valence-electron chi connectivity index (χ0n) is 17.8. The molecule has 0 saturated carbocycles. The highest BCUT2D eigenvalue weighted by molar-refractivity contribution is 6.37. The van der Waals surface area contributed by atoms with Crippen LogP contribution in [0.1, 0.15) is 38.9 Å². The summed E-state index contributed by atoms with van der Waals surface area (Å²) in [5.74, 6) is 0.624. The van der Waals surface area contributed by atoms with E-state index >= 15 is 0 Å². The standard InChI is InChI=1S/C23H26Cl3NO4/c1-23(2,3)31-21(28)9-10-27-11-12-29-20(14-27)15-7-8-19(18(26)13-15)30-22-16(24)5-4-6-17(22)25/h4-8,13,20H,9-12,14H2,1-3H3. The summed E-state index contributed by atoms with van der Waals surface area (Å²) in [6.45, 7) is 8.22. The Morgan fingerprint density at radius 3 is 2.48 bits per heavy atom. The zero-order valence-corrected chi connectivity index (χ0v) is 20.1. The molecule has 1 aliphatic heterocycles. The van der Waals surface area contributed by atoms with Crippen molar-refractivity contribution in [2.45, 2.75) is 38.9 Å². The number of para-hydroxylation sites is 1. The molecule has 168 valence electrons. The monoisotopic (exact) mass is 485 g/mol. The van der Waals surface area contributed by atoms with E-state index in [4.69, 9.17) is 49.0 Å². The van der Waals surface area contributed by atoms with Gasteiger partial charge in [0, 0.05) is 19.6 Å². The number of carbonyl (C=O) groups is 1. The maximum atomic E-state index is 12.0. The lowest BCUT2D eigenvalue weighted by molar-refractivity contribution is -0.155. The van der Waals surface area contributed by atoms with Gasteiger partial charge >= 0.3 is 5.97 Å². The molecule has 1 saturated heterocycles. The highest BCUT2D eigenvalue weighted by Gasteiger charge is 2.24.